The first kappa shape index (κ1) is 24.9. The van der Waals surface area contributed by atoms with Crippen molar-refractivity contribution in [1.82, 2.24) is 19.9 Å². The maximum Gasteiger partial charge on any atom is 0.243 e. The van der Waals surface area contributed by atoms with E-state index in [9.17, 15) is 8.42 Å². The summed E-state index contributed by atoms with van der Waals surface area (Å²) < 4.78 is 32.3. The fourth-order valence-electron chi connectivity index (χ4n) is 2.62. The number of nitrogens with zero attached hydrogens (tertiary/aromatic N) is 3. The third kappa shape index (κ3) is 6.80. The zero-order valence-corrected chi connectivity index (χ0v) is 20.4. The Labute approximate surface area is 186 Å². The molecular weight excluding hydrogens is 414 g/mol. The number of sulfonamides is 1. The van der Waals surface area contributed by atoms with Crippen molar-refractivity contribution < 1.29 is 12.8 Å². The highest BCUT2D eigenvalue weighted by Crippen LogP contribution is 2.22. The molecule has 0 aliphatic heterocycles. The van der Waals surface area contributed by atoms with Crippen LogP contribution in [0.15, 0.2) is 44.8 Å². The minimum Gasteiger partial charge on any atom is -0.443 e. The van der Waals surface area contributed by atoms with E-state index in [-0.39, 0.29) is 16.4 Å². The molecule has 2 N–H and O–H groups in total. The minimum atomic E-state index is -3.49. The lowest BCUT2D eigenvalue weighted by Crippen LogP contribution is -2.36. The van der Waals surface area contributed by atoms with Crippen LogP contribution in [0.1, 0.15) is 58.8 Å². The highest BCUT2D eigenvalue weighted by molar-refractivity contribution is 7.89. The van der Waals surface area contributed by atoms with E-state index in [1.807, 2.05) is 20.8 Å². The molecule has 0 spiro atoms. The monoisotopic (exact) mass is 449 g/mol. The summed E-state index contributed by atoms with van der Waals surface area (Å²) in [4.78, 5) is 9.17. The lowest BCUT2D eigenvalue weighted by molar-refractivity contribution is 0.379. The van der Waals surface area contributed by atoms with E-state index in [2.05, 4.69) is 41.4 Å². The van der Waals surface area contributed by atoms with Crippen LogP contribution in [-0.2, 0) is 28.5 Å². The van der Waals surface area contributed by atoms with Crippen LogP contribution in [0.5, 0.6) is 0 Å². The van der Waals surface area contributed by atoms with E-state index in [4.69, 9.17) is 4.42 Å². The van der Waals surface area contributed by atoms with Gasteiger partial charge in [0.25, 0.3) is 0 Å². The lowest BCUT2D eigenvalue weighted by Gasteiger charge is -2.21. The molecular formula is C22H35N5O3S. The molecule has 8 nitrogen and oxygen atoms in total. The van der Waals surface area contributed by atoms with Gasteiger partial charge < -0.3 is 15.1 Å². The number of guanidine groups is 1. The normalized spacial score (nSPS) is 13.1. The zero-order chi connectivity index (χ0) is 23.2. The Balaban J connectivity index is 2.04. The Kier molecular flexibility index (Phi) is 8.25. The molecule has 0 unspecified atom stereocenters. The van der Waals surface area contributed by atoms with Crippen molar-refractivity contribution in [3.63, 3.8) is 0 Å². The van der Waals surface area contributed by atoms with Gasteiger partial charge in [-0.3, -0.25) is 0 Å². The molecule has 0 aliphatic carbocycles. The second kappa shape index (κ2) is 10.3. The Bertz CT molecular complexity index is 973. The summed E-state index contributed by atoms with van der Waals surface area (Å²) in [5.74, 6) is 2.07. The van der Waals surface area contributed by atoms with Crippen molar-refractivity contribution in [2.24, 2.45) is 4.99 Å². The Morgan fingerprint density at radius 1 is 1.19 bits per heavy atom. The molecule has 2 rings (SSSR count). The minimum absolute atomic E-state index is 0.0898. The van der Waals surface area contributed by atoms with Gasteiger partial charge in [-0.25, -0.2) is 18.4 Å². The Morgan fingerprint density at radius 2 is 1.84 bits per heavy atom. The molecule has 0 amide bonds. The molecule has 0 radical (unpaired) electrons. The summed E-state index contributed by atoms with van der Waals surface area (Å²) in [5.41, 5.74) is 0.822. The number of hydrogen-bond acceptors (Lipinski definition) is 5. The number of hydrogen-bond donors (Lipinski definition) is 2. The average molecular weight is 450 g/mol. The smallest absolute Gasteiger partial charge is 0.243 e. The molecule has 1 aromatic heterocycles. The highest BCUT2D eigenvalue weighted by Gasteiger charge is 2.22. The van der Waals surface area contributed by atoms with E-state index in [1.54, 1.807) is 37.5 Å². The van der Waals surface area contributed by atoms with Crippen molar-refractivity contribution in [3.8, 4) is 0 Å². The molecule has 1 aromatic carbocycles. The average Bonchev–Trinajstić information content (AvgIpc) is 3.19. The van der Waals surface area contributed by atoms with Gasteiger partial charge in [0.1, 0.15) is 5.76 Å². The standard InChI is InChI=1S/C22H35N5O3S/c1-8-23-21(26-15-20-24-14-19(30-20)22(4,5)6)25-13-17-9-11-18(12-10-17)31(28,29)27(7)16(2)3/h9-12,14,16H,8,13,15H2,1-7H3,(H2,23,25,26). The fourth-order valence-corrected chi connectivity index (χ4v) is 3.99. The van der Waals surface area contributed by atoms with Gasteiger partial charge in [0.05, 0.1) is 24.2 Å². The van der Waals surface area contributed by atoms with Gasteiger partial charge >= 0.3 is 0 Å². The van der Waals surface area contributed by atoms with Crippen LogP contribution in [0.4, 0.5) is 0 Å². The summed E-state index contributed by atoms with van der Waals surface area (Å²) in [6.45, 7) is 13.5. The first-order valence-electron chi connectivity index (χ1n) is 10.5. The largest absolute Gasteiger partial charge is 0.443 e. The third-order valence-corrected chi connectivity index (χ3v) is 6.84. The second-order valence-electron chi connectivity index (χ2n) is 8.68. The number of rotatable bonds is 8. The van der Waals surface area contributed by atoms with E-state index in [1.165, 1.54) is 4.31 Å². The first-order valence-corrected chi connectivity index (χ1v) is 11.9. The summed E-state index contributed by atoms with van der Waals surface area (Å²) in [5, 5.41) is 6.41. The molecule has 0 saturated carbocycles. The molecule has 0 fully saturated rings. The van der Waals surface area contributed by atoms with Gasteiger partial charge in [0.2, 0.25) is 15.9 Å². The summed E-state index contributed by atoms with van der Waals surface area (Å²) in [6.07, 6.45) is 1.76. The molecule has 9 heteroatoms. The molecule has 0 bridgehead atoms. The molecule has 0 atom stereocenters. The number of oxazole rings is 1. The molecule has 31 heavy (non-hydrogen) atoms. The Hall–Kier alpha value is -2.39. The second-order valence-corrected chi connectivity index (χ2v) is 10.7. The number of benzene rings is 1. The Morgan fingerprint density at radius 3 is 2.35 bits per heavy atom. The summed E-state index contributed by atoms with van der Waals surface area (Å²) >= 11 is 0. The van der Waals surface area contributed by atoms with Crippen LogP contribution < -0.4 is 10.6 Å². The van der Waals surface area contributed by atoms with Crippen molar-refractivity contribution in [3.05, 3.63) is 47.7 Å². The van der Waals surface area contributed by atoms with Crippen LogP contribution in [-0.4, -0.2) is 43.3 Å². The van der Waals surface area contributed by atoms with Crippen molar-refractivity contribution in [1.29, 1.82) is 0 Å². The van der Waals surface area contributed by atoms with Gasteiger partial charge in [-0.15, -0.1) is 0 Å². The van der Waals surface area contributed by atoms with Crippen molar-refractivity contribution >= 4 is 16.0 Å². The molecule has 0 saturated heterocycles. The number of nitrogens with one attached hydrogen (secondary N) is 2. The van der Waals surface area contributed by atoms with E-state index >= 15 is 0 Å². The fraction of sp³-hybridized carbons (Fsp3) is 0.545. The van der Waals surface area contributed by atoms with Crippen LogP contribution in [0, 0.1) is 0 Å². The third-order valence-electron chi connectivity index (χ3n) is 4.79. The van der Waals surface area contributed by atoms with Gasteiger partial charge in [-0.2, -0.15) is 4.31 Å². The van der Waals surface area contributed by atoms with Gasteiger partial charge in [-0.1, -0.05) is 32.9 Å². The van der Waals surface area contributed by atoms with Gasteiger partial charge in [0.15, 0.2) is 5.96 Å². The quantitative estimate of drug-likeness (QED) is 0.474. The molecule has 1 heterocycles. The topological polar surface area (TPSA) is 99.8 Å². The summed E-state index contributed by atoms with van der Waals surface area (Å²) in [6, 6.07) is 6.72. The maximum absolute atomic E-state index is 12.6. The van der Waals surface area contributed by atoms with E-state index in [0.29, 0.717) is 31.5 Å². The van der Waals surface area contributed by atoms with Gasteiger partial charge in [-0.05, 0) is 38.5 Å². The lowest BCUT2D eigenvalue weighted by atomic mass is 9.94. The highest BCUT2D eigenvalue weighted by atomic mass is 32.2. The predicted octanol–water partition coefficient (Wildman–Crippen LogP) is 3.26. The van der Waals surface area contributed by atoms with Crippen molar-refractivity contribution in [2.45, 2.75) is 71.0 Å². The molecule has 0 aliphatic rings. The van der Waals surface area contributed by atoms with Crippen LogP contribution in [0.25, 0.3) is 0 Å². The number of aromatic nitrogens is 1. The zero-order valence-electron chi connectivity index (χ0n) is 19.6. The first-order chi connectivity index (χ1) is 14.4. The molecule has 2 aromatic rings. The van der Waals surface area contributed by atoms with Crippen LogP contribution in [0.3, 0.4) is 0 Å². The summed E-state index contributed by atoms with van der Waals surface area (Å²) in [7, 11) is -1.90. The van der Waals surface area contributed by atoms with Crippen LogP contribution >= 0.6 is 0 Å². The van der Waals surface area contributed by atoms with Crippen LogP contribution in [0.2, 0.25) is 0 Å². The SMILES string of the molecule is CCNC(=NCc1ccc(S(=O)(=O)N(C)C(C)C)cc1)NCc1ncc(C(C)(C)C)o1. The van der Waals surface area contributed by atoms with E-state index < -0.39 is 10.0 Å². The number of aliphatic imine (C=N–C) groups is 1. The maximum atomic E-state index is 12.6. The van der Waals surface area contributed by atoms with Crippen molar-refractivity contribution in [2.75, 3.05) is 13.6 Å². The molecule has 172 valence electrons. The van der Waals surface area contributed by atoms with Gasteiger partial charge in [0, 0.05) is 25.0 Å². The van der Waals surface area contributed by atoms with E-state index in [0.717, 1.165) is 11.3 Å². The predicted molar refractivity (Wildman–Crippen MR) is 123 cm³/mol.